The lowest BCUT2D eigenvalue weighted by Gasteiger charge is -2.40. The van der Waals surface area contributed by atoms with Crippen molar-refractivity contribution in [1.29, 1.82) is 0 Å². The van der Waals surface area contributed by atoms with Gasteiger partial charge in [0.05, 0.1) is 6.61 Å². The zero-order valence-corrected chi connectivity index (χ0v) is 14.3. The van der Waals surface area contributed by atoms with Crippen molar-refractivity contribution in [2.45, 2.75) is 44.9 Å². The lowest BCUT2D eigenvalue weighted by atomic mass is 9.79. The van der Waals surface area contributed by atoms with Gasteiger partial charge in [-0.25, -0.2) is 0 Å². The molecule has 4 fully saturated rings. The molecule has 1 saturated carbocycles. The highest BCUT2D eigenvalue weighted by molar-refractivity contribution is 5.76. The van der Waals surface area contributed by atoms with Gasteiger partial charge in [-0.3, -0.25) is 9.63 Å². The molecule has 3 aliphatic heterocycles. The van der Waals surface area contributed by atoms with Gasteiger partial charge >= 0.3 is 0 Å². The van der Waals surface area contributed by atoms with Gasteiger partial charge in [-0.1, -0.05) is 0 Å². The molecule has 0 aromatic carbocycles. The van der Waals surface area contributed by atoms with E-state index in [9.17, 15) is 4.79 Å². The zero-order valence-electron chi connectivity index (χ0n) is 14.3. The number of hydrogen-bond donors (Lipinski definition) is 0. The SMILES string of the molecule is O=C(CCN1CCCO1)N1CCC2(CCCN(CC3CC3)C2)C1. The normalized spacial score (nSPS) is 33.0. The number of rotatable bonds is 5. The van der Waals surface area contributed by atoms with E-state index in [1.54, 1.807) is 0 Å². The molecule has 1 atom stereocenters. The second kappa shape index (κ2) is 6.69. The van der Waals surface area contributed by atoms with Crippen molar-refractivity contribution in [3.63, 3.8) is 0 Å². The summed E-state index contributed by atoms with van der Waals surface area (Å²) in [4.78, 5) is 22.8. The fourth-order valence-corrected chi connectivity index (χ4v) is 4.67. The summed E-state index contributed by atoms with van der Waals surface area (Å²) >= 11 is 0. The summed E-state index contributed by atoms with van der Waals surface area (Å²) < 4.78 is 0. The molecular formula is C18H31N3O2. The predicted octanol–water partition coefficient (Wildman–Crippen LogP) is 1.74. The van der Waals surface area contributed by atoms with Crippen molar-refractivity contribution >= 4 is 5.91 Å². The number of carbonyl (C=O) groups excluding carboxylic acids is 1. The van der Waals surface area contributed by atoms with Gasteiger partial charge in [-0.05, 0) is 51.0 Å². The van der Waals surface area contributed by atoms with E-state index in [2.05, 4.69) is 9.80 Å². The molecule has 0 aromatic rings. The van der Waals surface area contributed by atoms with Gasteiger partial charge in [0.1, 0.15) is 0 Å². The first-order valence-corrected chi connectivity index (χ1v) is 9.61. The van der Waals surface area contributed by atoms with E-state index in [0.29, 0.717) is 17.7 Å². The van der Waals surface area contributed by atoms with Gasteiger partial charge in [0, 0.05) is 51.1 Å². The average Bonchev–Trinajstić information content (AvgIpc) is 3.06. The lowest BCUT2D eigenvalue weighted by molar-refractivity contribution is -0.138. The molecule has 23 heavy (non-hydrogen) atoms. The highest BCUT2D eigenvalue weighted by Crippen LogP contribution is 2.40. The van der Waals surface area contributed by atoms with Gasteiger partial charge in [0.25, 0.3) is 0 Å². The van der Waals surface area contributed by atoms with Crippen LogP contribution in [0, 0.1) is 11.3 Å². The number of hydrogen-bond acceptors (Lipinski definition) is 4. The number of likely N-dealkylation sites (tertiary alicyclic amines) is 2. The van der Waals surface area contributed by atoms with E-state index in [0.717, 1.165) is 45.1 Å². The Hall–Kier alpha value is -0.650. The molecule has 1 spiro atoms. The molecule has 1 aliphatic carbocycles. The van der Waals surface area contributed by atoms with Crippen LogP contribution < -0.4 is 0 Å². The second-order valence-electron chi connectivity index (χ2n) is 8.21. The maximum atomic E-state index is 12.5. The summed E-state index contributed by atoms with van der Waals surface area (Å²) in [5.41, 5.74) is 0.396. The number of hydroxylamine groups is 2. The van der Waals surface area contributed by atoms with E-state index >= 15 is 0 Å². The Kier molecular flexibility index (Phi) is 4.61. The van der Waals surface area contributed by atoms with Crippen molar-refractivity contribution in [2.75, 3.05) is 52.4 Å². The first-order chi connectivity index (χ1) is 11.2. The second-order valence-corrected chi connectivity index (χ2v) is 8.21. The first-order valence-electron chi connectivity index (χ1n) is 9.61. The number of nitrogens with zero attached hydrogens (tertiary/aromatic N) is 3. The Morgan fingerprint density at radius 1 is 1.09 bits per heavy atom. The van der Waals surface area contributed by atoms with Crippen molar-refractivity contribution in [1.82, 2.24) is 14.9 Å². The van der Waals surface area contributed by atoms with Gasteiger partial charge in [0.15, 0.2) is 0 Å². The largest absolute Gasteiger partial charge is 0.342 e. The Labute approximate surface area is 139 Å². The van der Waals surface area contributed by atoms with Crippen LogP contribution in [0.2, 0.25) is 0 Å². The fourth-order valence-electron chi connectivity index (χ4n) is 4.67. The van der Waals surface area contributed by atoms with Gasteiger partial charge in [-0.15, -0.1) is 0 Å². The van der Waals surface area contributed by atoms with Crippen LogP contribution in [0.1, 0.15) is 44.9 Å². The molecule has 0 aromatic heterocycles. The van der Waals surface area contributed by atoms with Crippen molar-refractivity contribution < 1.29 is 9.63 Å². The summed E-state index contributed by atoms with van der Waals surface area (Å²) in [6.45, 7) is 8.33. The smallest absolute Gasteiger partial charge is 0.223 e. The lowest BCUT2D eigenvalue weighted by Crippen LogP contribution is -2.46. The van der Waals surface area contributed by atoms with Crippen LogP contribution in [0.15, 0.2) is 0 Å². The number of piperidine rings is 1. The Bertz CT molecular complexity index is 434. The van der Waals surface area contributed by atoms with Gasteiger partial charge < -0.3 is 9.80 Å². The molecule has 0 radical (unpaired) electrons. The Morgan fingerprint density at radius 2 is 2.00 bits per heavy atom. The van der Waals surface area contributed by atoms with Gasteiger partial charge in [0.2, 0.25) is 5.91 Å². The standard InChI is InChI=1S/C18H31N3O2/c22-17(5-10-21-9-2-12-23-21)20-11-7-18(15-20)6-1-8-19(14-18)13-16-3-4-16/h16H,1-15H2. The predicted molar refractivity (Wildman–Crippen MR) is 88.8 cm³/mol. The molecule has 3 heterocycles. The summed E-state index contributed by atoms with van der Waals surface area (Å²) in [6.07, 6.45) is 8.42. The monoisotopic (exact) mass is 321 g/mol. The minimum absolute atomic E-state index is 0.330. The third kappa shape index (κ3) is 3.89. The Balaban J connectivity index is 1.26. The van der Waals surface area contributed by atoms with Crippen LogP contribution >= 0.6 is 0 Å². The fraction of sp³-hybridized carbons (Fsp3) is 0.944. The summed E-state index contributed by atoms with van der Waals surface area (Å²) in [6, 6.07) is 0. The van der Waals surface area contributed by atoms with Crippen molar-refractivity contribution in [3.05, 3.63) is 0 Å². The number of carbonyl (C=O) groups is 1. The minimum atomic E-state index is 0.330. The van der Waals surface area contributed by atoms with Crippen molar-refractivity contribution in [3.8, 4) is 0 Å². The summed E-state index contributed by atoms with van der Waals surface area (Å²) in [7, 11) is 0. The zero-order chi connectivity index (χ0) is 15.7. The topological polar surface area (TPSA) is 36.0 Å². The van der Waals surface area contributed by atoms with Crippen LogP contribution in [-0.2, 0) is 9.63 Å². The highest BCUT2D eigenvalue weighted by Gasteiger charge is 2.43. The molecule has 4 aliphatic rings. The maximum absolute atomic E-state index is 12.5. The maximum Gasteiger partial charge on any atom is 0.223 e. The molecule has 5 nitrogen and oxygen atoms in total. The molecule has 0 bridgehead atoms. The average molecular weight is 321 g/mol. The van der Waals surface area contributed by atoms with Crippen LogP contribution in [0.4, 0.5) is 0 Å². The quantitative estimate of drug-likeness (QED) is 0.773. The van der Waals surface area contributed by atoms with E-state index < -0.39 is 0 Å². The van der Waals surface area contributed by atoms with E-state index in [-0.39, 0.29) is 0 Å². The molecular weight excluding hydrogens is 290 g/mol. The van der Waals surface area contributed by atoms with E-state index in [4.69, 9.17) is 4.84 Å². The number of amides is 1. The Morgan fingerprint density at radius 3 is 2.78 bits per heavy atom. The molecule has 130 valence electrons. The molecule has 3 saturated heterocycles. The highest BCUT2D eigenvalue weighted by atomic mass is 16.7. The van der Waals surface area contributed by atoms with E-state index in [1.165, 1.54) is 51.7 Å². The molecule has 1 unspecified atom stereocenters. The van der Waals surface area contributed by atoms with Crippen molar-refractivity contribution in [2.24, 2.45) is 11.3 Å². The third-order valence-electron chi connectivity index (χ3n) is 6.15. The van der Waals surface area contributed by atoms with Crippen LogP contribution in [0.3, 0.4) is 0 Å². The van der Waals surface area contributed by atoms with Gasteiger partial charge in [-0.2, -0.15) is 5.06 Å². The first kappa shape index (κ1) is 15.9. The molecule has 5 heteroatoms. The summed E-state index contributed by atoms with van der Waals surface area (Å²) in [5.74, 6) is 1.31. The summed E-state index contributed by atoms with van der Waals surface area (Å²) in [5, 5.41) is 1.96. The van der Waals surface area contributed by atoms with E-state index in [1.807, 2.05) is 5.06 Å². The molecule has 4 rings (SSSR count). The third-order valence-corrected chi connectivity index (χ3v) is 6.15. The molecule has 0 N–H and O–H groups in total. The molecule has 1 amide bonds. The van der Waals surface area contributed by atoms with Crippen LogP contribution in [-0.4, -0.2) is 73.2 Å². The van der Waals surface area contributed by atoms with Crippen LogP contribution in [0.5, 0.6) is 0 Å². The minimum Gasteiger partial charge on any atom is -0.342 e. The van der Waals surface area contributed by atoms with Crippen LogP contribution in [0.25, 0.3) is 0 Å².